The summed E-state index contributed by atoms with van der Waals surface area (Å²) in [5.41, 5.74) is 3.41. The highest BCUT2D eigenvalue weighted by molar-refractivity contribution is 6.31. The number of nitrogens with zero attached hydrogens (tertiary/aromatic N) is 1. The first-order chi connectivity index (χ1) is 14.1. The molecule has 0 amide bonds. The molecule has 0 N–H and O–H groups in total. The molecular weight excluding hydrogens is 390 g/mol. The largest absolute Gasteiger partial charge is 0.477 e. The Bertz CT molecular complexity index is 1130. The van der Waals surface area contributed by atoms with Crippen molar-refractivity contribution in [3.05, 3.63) is 87.5 Å². The molecule has 3 aromatic rings. The van der Waals surface area contributed by atoms with Crippen molar-refractivity contribution in [2.45, 2.75) is 20.0 Å². The van der Waals surface area contributed by atoms with Crippen molar-refractivity contribution in [1.29, 1.82) is 0 Å². The van der Waals surface area contributed by atoms with Crippen molar-refractivity contribution in [1.82, 2.24) is 4.90 Å². The van der Waals surface area contributed by atoms with Crippen molar-refractivity contribution in [3.8, 4) is 11.5 Å². The molecule has 0 atom stereocenters. The van der Waals surface area contributed by atoms with Crippen LogP contribution in [0.5, 0.6) is 11.5 Å². The summed E-state index contributed by atoms with van der Waals surface area (Å²) in [6, 6.07) is 13.2. The van der Waals surface area contributed by atoms with Gasteiger partial charge in [0.2, 0.25) is 5.78 Å². The number of allylic oxidation sites excluding steroid dienone is 1. The Balaban J connectivity index is 1.44. The summed E-state index contributed by atoms with van der Waals surface area (Å²) in [5.74, 6) is 2.03. The van der Waals surface area contributed by atoms with Crippen LogP contribution in [0, 0.1) is 6.92 Å². The van der Waals surface area contributed by atoms with Crippen molar-refractivity contribution < 1.29 is 18.7 Å². The van der Waals surface area contributed by atoms with Crippen LogP contribution in [0.15, 0.2) is 58.9 Å². The number of rotatable bonds is 3. The van der Waals surface area contributed by atoms with E-state index < -0.39 is 0 Å². The summed E-state index contributed by atoms with van der Waals surface area (Å²) in [6.07, 6.45) is 3.18. The monoisotopic (exact) mass is 407 g/mol. The molecule has 0 aliphatic carbocycles. The Morgan fingerprint density at radius 2 is 2.03 bits per heavy atom. The van der Waals surface area contributed by atoms with E-state index in [1.807, 2.05) is 37.3 Å². The fourth-order valence-corrected chi connectivity index (χ4v) is 3.96. The van der Waals surface area contributed by atoms with Gasteiger partial charge >= 0.3 is 0 Å². The number of ether oxygens (including phenoxy) is 2. The van der Waals surface area contributed by atoms with Crippen molar-refractivity contribution in [2.24, 2.45) is 0 Å². The number of carbonyl (C=O) groups excluding carboxylic acids is 1. The van der Waals surface area contributed by atoms with E-state index in [2.05, 4.69) is 4.90 Å². The lowest BCUT2D eigenvalue weighted by molar-refractivity contribution is 0.0877. The molecule has 2 aliphatic heterocycles. The lowest BCUT2D eigenvalue weighted by Crippen LogP contribution is -2.32. The smallest absolute Gasteiger partial charge is 0.232 e. The minimum absolute atomic E-state index is 0.148. The molecule has 1 aromatic heterocycles. The Morgan fingerprint density at radius 1 is 1.17 bits per heavy atom. The maximum atomic E-state index is 12.9. The molecule has 0 spiro atoms. The van der Waals surface area contributed by atoms with Gasteiger partial charge in [0.15, 0.2) is 5.76 Å². The molecule has 146 valence electrons. The molecule has 0 bridgehead atoms. The van der Waals surface area contributed by atoms with E-state index in [-0.39, 0.29) is 11.5 Å². The molecule has 3 heterocycles. The number of hydrogen-bond acceptors (Lipinski definition) is 5. The zero-order valence-corrected chi connectivity index (χ0v) is 16.5. The maximum absolute atomic E-state index is 12.9. The fraction of sp³-hybridized carbons (Fsp3) is 0.174. The topological polar surface area (TPSA) is 51.9 Å². The highest BCUT2D eigenvalue weighted by Gasteiger charge is 2.33. The van der Waals surface area contributed by atoms with Gasteiger partial charge in [-0.2, -0.15) is 0 Å². The van der Waals surface area contributed by atoms with Crippen LogP contribution in [-0.4, -0.2) is 17.4 Å². The molecular formula is C23H18ClNO4. The third-order valence-electron chi connectivity index (χ3n) is 5.17. The summed E-state index contributed by atoms with van der Waals surface area (Å²) in [7, 11) is 0. The number of fused-ring (bicyclic) bond motifs is 2. The number of hydrogen-bond donors (Lipinski definition) is 0. The second kappa shape index (κ2) is 7.10. The number of Topliss-reactive ketones (excluding diaryl/α,β-unsaturated/α-hetero) is 1. The molecule has 0 unspecified atom stereocenters. The molecule has 6 heteroatoms. The lowest BCUT2D eigenvalue weighted by atomic mass is 10.00. The summed E-state index contributed by atoms with van der Waals surface area (Å²) in [4.78, 5) is 15.0. The van der Waals surface area contributed by atoms with E-state index in [4.69, 9.17) is 25.5 Å². The standard InChI is InChI=1S/C23H18ClNO4/c1-14-22-16(12-25(13-28-22)11-15-5-2-3-7-19(15)24)9-18-21(26)20(29-23(14)18)10-17-6-4-8-27-17/h2-10H,11-13H2,1H3/b20-10-. The van der Waals surface area contributed by atoms with E-state index in [9.17, 15) is 4.79 Å². The quantitative estimate of drug-likeness (QED) is 0.558. The number of benzene rings is 2. The van der Waals surface area contributed by atoms with Crippen LogP contribution in [-0.2, 0) is 13.1 Å². The second-order valence-corrected chi connectivity index (χ2v) is 7.58. The molecule has 29 heavy (non-hydrogen) atoms. The number of carbonyl (C=O) groups is 1. The first-order valence-corrected chi connectivity index (χ1v) is 9.71. The summed E-state index contributed by atoms with van der Waals surface area (Å²) in [6.45, 7) is 3.70. The SMILES string of the molecule is Cc1c2c(cc3c1O/C(=C\c1ccco1)C3=O)CN(Cc1ccccc1Cl)CO2. The van der Waals surface area contributed by atoms with E-state index in [1.54, 1.807) is 24.5 Å². The zero-order chi connectivity index (χ0) is 20.0. The van der Waals surface area contributed by atoms with Gasteiger partial charge in [-0.1, -0.05) is 29.8 Å². The minimum Gasteiger partial charge on any atom is -0.477 e. The van der Waals surface area contributed by atoms with E-state index >= 15 is 0 Å². The molecule has 0 fully saturated rings. The number of halogens is 1. The highest BCUT2D eigenvalue weighted by Crippen LogP contribution is 2.43. The molecule has 5 rings (SSSR count). The first-order valence-electron chi connectivity index (χ1n) is 9.33. The van der Waals surface area contributed by atoms with Gasteiger partial charge in [-0.25, -0.2) is 0 Å². The van der Waals surface area contributed by atoms with E-state index in [0.29, 0.717) is 36.9 Å². The Kier molecular flexibility index (Phi) is 4.42. The van der Waals surface area contributed by atoms with Gasteiger partial charge in [0.25, 0.3) is 0 Å². The number of furan rings is 1. The molecule has 5 nitrogen and oxygen atoms in total. The van der Waals surface area contributed by atoms with Gasteiger partial charge in [0, 0.05) is 35.3 Å². The van der Waals surface area contributed by atoms with Crippen molar-refractivity contribution >= 4 is 23.5 Å². The zero-order valence-electron chi connectivity index (χ0n) is 15.8. The van der Waals surface area contributed by atoms with Crippen LogP contribution in [0.4, 0.5) is 0 Å². The summed E-state index contributed by atoms with van der Waals surface area (Å²) >= 11 is 6.30. The van der Waals surface area contributed by atoms with Crippen LogP contribution in [0.3, 0.4) is 0 Å². The molecule has 0 saturated heterocycles. The fourth-order valence-electron chi connectivity index (χ4n) is 3.77. The lowest BCUT2D eigenvalue weighted by Gasteiger charge is -2.30. The van der Waals surface area contributed by atoms with Crippen LogP contribution >= 0.6 is 11.6 Å². The van der Waals surface area contributed by atoms with Gasteiger partial charge < -0.3 is 13.9 Å². The van der Waals surface area contributed by atoms with E-state index in [0.717, 1.165) is 27.5 Å². The average Bonchev–Trinajstić information content (AvgIpc) is 3.33. The maximum Gasteiger partial charge on any atom is 0.232 e. The Labute approximate surface area is 173 Å². The van der Waals surface area contributed by atoms with E-state index in [1.165, 1.54) is 0 Å². The average molecular weight is 408 g/mol. The van der Waals surface area contributed by atoms with Gasteiger partial charge in [0.05, 0.1) is 11.8 Å². The van der Waals surface area contributed by atoms with Crippen LogP contribution in [0.25, 0.3) is 6.08 Å². The van der Waals surface area contributed by atoms with Crippen LogP contribution in [0.1, 0.15) is 32.8 Å². The highest BCUT2D eigenvalue weighted by atomic mass is 35.5. The number of ketones is 1. The third-order valence-corrected chi connectivity index (χ3v) is 5.54. The van der Waals surface area contributed by atoms with Crippen molar-refractivity contribution in [2.75, 3.05) is 6.73 Å². The molecule has 2 aliphatic rings. The molecule has 0 radical (unpaired) electrons. The molecule has 0 saturated carbocycles. The molecule has 2 aromatic carbocycles. The van der Waals surface area contributed by atoms with Crippen molar-refractivity contribution in [3.63, 3.8) is 0 Å². The summed E-state index contributed by atoms with van der Waals surface area (Å²) < 4.78 is 17.2. The predicted octanol–water partition coefficient (Wildman–Crippen LogP) is 5.21. The second-order valence-electron chi connectivity index (χ2n) is 7.17. The first kappa shape index (κ1) is 18.0. The third kappa shape index (κ3) is 3.22. The van der Waals surface area contributed by atoms with Crippen LogP contribution < -0.4 is 9.47 Å². The van der Waals surface area contributed by atoms with Crippen LogP contribution in [0.2, 0.25) is 5.02 Å². The summed E-state index contributed by atoms with van der Waals surface area (Å²) in [5, 5.41) is 0.736. The minimum atomic E-state index is -0.148. The van der Waals surface area contributed by atoms with Gasteiger partial charge in [-0.15, -0.1) is 0 Å². The van der Waals surface area contributed by atoms with Gasteiger partial charge in [-0.3, -0.25) is 9.69 Å². The van der Waals surface area contributed by atoms with Gasteiger partial charge in [0.1, 0.15) is 24.0 Å². The van der Waals surface area contributed by atoms with Gasteiger partial charge in [-0.05, 0) is 36.8 Å². The Hall–Kier alpha value is -3.02. The predicted molar refractivity (Wildman–Crippen MR) is 109 cm³/mol. The normalized spacial score (nSPS) is 17.0. The Morgan fingerprint density at radius 3 is 2.83 bits per heavy atom.